The fraction of sp³-hybridized carbons (Fsp3) is 0.500. The van der Waals surface area contributed by atoms with E-state index in [0.717, 1.165) is 49.7 Å². The highest BCUT2D eigenvalue weighted by Gasteiger charge is 2.34. The molecule has 1 aliphatic rings. The molecule has 3 heterocycles. The first kappa shape index (κ1) is 25.2. The maximum absolute atomic E-state index is 15.4. The van der Waals surface area contributed by atoms with Gasteiger partial charge in [-0.25, -0.2) is 4.39 Å². The van der Waals surface area contributed by atoms with Gasteiger partial charge in [0.25, 0.3) is 0 Å². The van der Waals surface area contributed by atoms with Crippen molar-refractivity contribution < 1.29 is 19.0 Å². The van der Waals surface area contributed by atoms with E-state index in [1.807, 2.05) is 25.2 Å². The number of aliphatic carboxylic acids is 1. The lowest BCUT2D eigenvalue weighted by molar-refractivity contribution is -0.146. The van der Waals surface area contributed by atoms with Crippen molar-refractivity contribution in [3.63, 3.8) is 0 Å². The molecule has 6 nitrogen and oxygen atoms in total. The van der Waals surface area contributed by atoms with Gasteiger partial charge in [0, 0.05) is 37.6 Å². The molecule has 0 saturated carbocycles. The van der Waals surface area contributed by atoms with Crippen LogP contribution in [-0.2, 0) is 18.3 Å². The molecular weight excluding hydrogens is 445 g/mol. The van der Waals surface area contributed by atoms with Crippen LogP contribution in [0, 0.1) is 11.8 Å². The first-order chi connectivity index (χ1) is 16.9. The van der Waals surface area contributed by atoms with Gasteiger partial charge in [-0.15, -0.1) is 0 Å². The fourth-order valence-electron chi connectivity index (χ4n) is 5.33. The van der Waals surface area contributed by atoms with Gasteiger partial charge in [0.15, 0.2) is 0 Å². The van der Waals surface area contributed by atoms with Crippen LogP contribution in [0.4, 0.5) is 4.39 Å². The summed E-state index contributed by atoms with van der Waals surface area (Å²) >= 11 is 0. The van der Waals surface area contributed by atoms with Crippen LogP contribution in [-0.4, -0.2) is 52.3 Å². The number of pyridine rings is 1. The van der Waals surface area contributed by atoms with Crippen LogP contribution in [0.2, 0.25) is 0 Å². The number of methoxy groups -OCH3 is 1. The lowest BCUT2D eigenvalue weighted by Gasteiger charge is -2.37. The molecular formula is C28H36FN3O3. The molecule has 1 saturated heterocycles. The summed E-state index contributed by atoms with van der Waals surface area (Å²) in [6, 6.07) is 9.34. The van der Waals surface area contributed by atoms with Crippen LogP contribution in [0.1, 0.15) is 49.4 Å². The number of hydrogen-bond acceptors (Lipinski definition) is 4. The molecule has 1 aromatic carbocycles. The van der Waals surface area contributed by atoms with Crippen molar-refractivity contribution in [3.05, 3.63) is 60.0 Å². The highest BCUT2D eigenvalue weighted by atomic mass is 19.1. The minimum absolute atomic E-state index is 0.00560. The number of fused-ring (bicyclic) bond motifs is 1. The summed E-state index contributed by atoms with van der Waals surface area (Å²) in [6.07, 6.45) is 9.54. The summed E-state index contributed by atoms with van der Waals surface area (Å²) in [7, 11) is 3.62. The Morgan fingerprint density at radius 3 is 2.89 bits per heavy atom. The van der Waals surface area contributed by atoms with Gasteiger partial charge in [-0.05, 0) is 99.0 Å². The van der Waals surface area contributed by atoms with Crippen LogP contribution in [0.5, 0.6) is 5.75 Å². The maximum atomic E-state index is 15.4. The van der Waals surface area contributed by atoms with Crippen molar-refractivity contribution in [1.82, 2.24) is 14.5 Å². The zero-order chi connectivity index (χ0) is 24.8. The molecule has 188 valence electrons. The van der Waals surface area contributed by atoms with E-state index >= 15 is 4.39 Å². The number of ether oxygens (including phenoxy) is 1. The first-order valence-electron chi connectivity index (χ1n) is 12.6. The monoisotopic (exact) mass is 481 g/mol. The number of rotatable bonds is 11. The van der Waals surface area contributed by atoms with E-state index in [4.69, 9.17) is 4.74 Å². The van der Waals surface area contributed by atoms with E-state index < -0.39 is 18.1 Å². The Balaban J connectivity index is 1.30. The van der Waals surface area contributed by atoms with Crippen LogP contribution in [0.25, 0.3) is 10.9 Å². The van der Waals surface area contributed by atoms with Gasteiger partial charge in [0.2, 0.25) is 0 Å². The third-order valence-electron chi connectivity index (χ3n) is 7.35. The predicted octanol–water partition coefficient (Wildman–Crippen LogP) is 5.42. The molecule has 3 aromatic rings. The number of carboxylic acids is 1. The number of aromatic nitrogens is 2. The molecule has 0 bridgehead atoms. The number of alkyl halides is 1. The summed E-state index contributed by atoms with van der Waals surface area (Å²) < 4.78 is 22.7. The molecule has 1 N–H and O–H groups in total. The van der Waals surface area contributed by atoms with E-state index in [1.54, 1.807) is 19.4 Å². The van der Waals surface area contributed by atoms with Crippen molar-refractivity contribution in [1.29, 1.82) is 0 Å². The molecule has 0 aliphatic carbocycles. The third-order valence-corrected chi connectivity index (χ3v) is 7.35. The van der Waals surface area contributed by atoms with Gasteiger partial charge in [-0.3, -0.25) is 9.78 Å². The molecule has 35 heavy (non-hydrogen) atoms. The average Bonchev–Trinajstić information content (AvgIpc) is 3.29. The highest BCUT2D eigenvalue weighted by molar-refractivity contribution is 5.83. The molecule has 2 aromatic heterocycles. The molecule has 4 rings (SSSR count). The van der Waals surface area contributed by atoms with Crippen LogP contribution in [0.3, 0.4) is 0 Å². The summed E-state index contributed by atoms with van der Waals surface area (Å²) in [4.78, 5) is 18.7. The maximum Gasteiger partial charge on any atom is 0.308 e. The lowest BCUT2D eigenvalue weighted by Crippen LogP contribution is -2.44. The molecule has 1 unspecified atom stereocenters. The number of unbranched alkanes of at least 4 members (excludes halogenated alkanes) is 1. The second-order valence-electron chi connectivity index (χ2n) is 9.76. The standard InChI is InChI=1S/C28H36FN3O3/c1-31-15-11-20(18-31)5-3-4-14-32-16-12-21(25(19-32)28(33)34)6-8-26(29)23-10-13-30-27-9-7-22(35-2)17-24(23)27/h7,9-11,13,15,17-18,21,25-26H,3-6,8,12,14,16,19H2,1-2H3,(H,33,34)/t21-,25+,26?/m1/s1. The second kappa shape index (κ2) is 11.7. The number of nitrogens with zero attached hydrogens (tertiary/aromatic N) is 3. The fourth-order valence-corrected chi connectivity index (χ4v) is 5.33. The van der Waals surface area contributed by atoms with E-state index in [-0.39, 0.29) is 5.92 Å². The Morgan fingerprint density at radius 2 is 2.14 bits per heavy atom. The summed E-state index contributed by atoms with van der Waals surface area (Å²) in [5, 5.41) is 10.6. The number of aryl methyl sites for hydroxylation is 2. The molecule has 0 radical (unpaired) electrons. The number of benzene rings is 1. The van der Waals surface area contributed by atoms with Gasteiger partial charge < -0.3 is 19.3 Å². The van der Waals surface area contributed by atoms with Crippen molar-refractivity contribution in [2.45, 2.75) is 44.7 Å². The summed E-state index contributed by atoms with van der Waals surface area (Å²) in [6.45, 7) is 2.35. The Hall–Kier alpha value is -2.93. The van der Waals surface area contributed by atoms with E-state index in [9.17, 15) is 9.90 Å². The zero-order valence-electron chi connectivity index (χ0n) is 20.7. The smallest absolute Gasteiger partial charge is 0.308 e. The second-order valence-corrected chi connectivity index (χ2v) is 9.76. The molecule has 3 atom stereocenters. The van der Waals surface area contributed by atoms with Crippen molar-refractivity contribution >= 4 is 16.9 Å². The largest absolute Gasteiger partial charge is 0.497 e. The number of carboxylic acid groups (broad SMARTS) is 1. The van der Waals surface area contributed by atoms with Crippen LogP contribution < -0.4 is 4.74 Å². The minimum atomic E-state index is -1.17. The average molecular weight is 482 g/mol. The van der Waals surface area contributed by atoms with Crippen LogP contribution >= 0.6 is 0 Å². The zero-order valence-corrected chi connectivity index (χ0v) is 20.7. The van der Waals surface area contributed by atoms with E-state index in [0.29, 0.717) is 30.7 Å². The number of hydrogen-bond donors (Lipinski definition) is 1. The van der Waals surface area contributed by atoms with Crippen molar-refractivity contribution in [2.75, 3.05) is 26.7 Å². The Bertz CT molecular complexity index is 1130. The Kier molecular flexibility index (Phi) is 8.39. The van der Waals surface area contributed by atoms with Crippen molar-refractivity contribution in [3.8, 4) is 5.75 Å². The number of carbonyl (C=O) groups is 1. The number of likely N-dealkylation sites (tertiary alicyclic amines) is 1. The summed E-state index contributed by atoms with van der Waals surface area (Å²) in [5.41, 5.74) is 2.67. The molecule has 1 aliphatic heterocycles. The Labute approximate surface area is 206 Å². The van der Waals surface area contributed by atoms with Gasteiger partial charge in [-0.2, -0.15) is 0 Å². The summed E-state index contributed by atoms with van der Waals surface area (Å²) in [5.74, 6) is -0.548. The van der Waals surface area contributed by atoms with Gasteiger partial charge >= 0.3 is 5.97 Å². The third kappa shape index (κ3) is 6.40. The van der Waals surface area contributed by atoms with Gasteiger partial charge in [0.05, 0.1) is 18.5 Å². The highest BCUT2D eigenvalue weighted by Crippen LogP contribution is 2.35. The van der Waals surface area contributed by atoms with Gasteiger partial charge in [0.1, 0.15) is 11.9 Å². The first-order valence-corrected chi connectivity index (χ1v) is 12.6. The minimum Gasteiger partial charge on any atom is -0.497 e. The topological polar surface area (TPSA) is 67.6 Å². The van der Waals surface area contributed by atoms with Crippen LogP contribution in [0.15, 0.2) is 48.9 Å². The quantitative estimate of drug-likeness (QED) is 0.371. The molecule has 7 heteroatoms. The van der Waals surface area contributed by atoms with E-state index in [2.05, 4.69) is 32.9 Å². The van der Waals surface area contributed by atoms with E-state index in [1.165, 1.54) is 5.56 Å². The lowest BCUT2D eigenvalue weighted by atomic mass is 9.81. The Morgan fingerprint density at radius 1 is 1.29 bits per heavy atom. The van der Waals surface area contributed by atoms with Crippen molar-refractivity contribution in [2.24, 2.45) is 18.9 Å². The number of halogens is 1. The predicted molar refractivity (Wildman–Crippen MR) is 135 cm³/mol. The normalized spacial score (nSPS) is 19.6. The molecule has 1 fully saturated rings. The number of piperidine rings is 1. The molecule has 0 spiro atoms. The SMILES string of the molecule is COc1ccc2nccc(C(F)CC[C@@H]3CCN(CCCCc4ccn(C)c4)C[C@@H]3C(=O)O)c2c1. The van der Waals surface area contributed by atoms with Gasteiger partial charge in [-0.1, -0.05) is 0 Å². The molecule has 0 amide bonds.